The molecule has 1 N–H and O–H groups in total. The number of aryl methyl sites for hydroxylation is 1. The Morgan fingerprint density at radius 1 is 1.38 bits per heavy atom. The minimum atomic E-state index is -0.901. The largest absolute Gasteiger partial charge is 0.477 e. The van der Waals surface area contributed by atoms with Gasteiger partial charge in [-0.15, -0.1) is 11.3 Å². The van der Waals surface area contributed by atoms with Gasteiger partial charge in [-0.05, 0) is 35.6 Å². The van der Waals surface area contributed by atoms with E-state index in [1.165, 1.54) is 11.3 Å². The van der Waals surface area contributed by atoms with E-state index in [4.69, 9.17) is 16.7 Å². The van der Waals surface area contributed by atoms with Crippen molar-refractivity contribution in [1.29, 1.82) is 0 Å². The van der Waals surface area contributed by atoms with Gasteiger partial charge >= 0.3 is 5.97 Å². The molecule has 0 radical (unpaired) electrons. The second kappa shape index (κ2) is 4.28. The van der Waals surface area contributed by atoms with Gasteiger partial charge in [0.2, 0.25) is 0 Å². The van der Waals surface area contributed by atoms with E-state index in [0.29, 0.717) is 9.90 Å². The van der Waals surface area contributed by atoms with Gasteiger partial charge in [0.05, 0.1) is 0 Å². The first-order valence-electron chi connectivity index (χ1n) is 4.67. The lowest BCUT2D eigenvalue weighted by Gasteiger charge is -2.03. The molecule has 0 atom stereocenters. The predicted molar refractivity (Wildman–Crippen MR) is 66.5 cm³/mol. The number of rotatable bonds is 2. The van der Waals surface area contributed by atoms with Gasteiger partial charge in [-0.3, -0.25) is 0 Å². The second-order valence-electron chi connectivity index (χ2n) is 3.43. The van der Waals surface area contributed by atoms with E-state index >= 15 is 0 Å². The summed E-state index contributed by atoms with van der Waals surface area (Å²) in [4.78, 5) is 11.3. The smallest absolute Gasteiger partial charge is 0.346 e. The van der Waals surface area contributed by atoms with Crippen LogP contribution in [0, 0.1) is 6.92 Å². The molecule has 0 aliphatic rings. The number of benzene rings is 1. The fourth-order valence-corrected chi connectivity index (χ4v) is 2.40. The van der Waals surface area contributed by atoms with Crippen LogP contribution in [0.25, 0.3) is 11.1 Å². The minimum Gasteiger partial charge on any atom is -0.477 e. The van der Waals surface area contributed by atoms with Gasteiger partial charge < -0.3 is 5.11 Å². The number of hydrogen-bond donors (Lipinski definition) is 1. The van der Waals surface area contributed by atoms with E-state index < -0.39 is 5.97 Å². The van der Waals surface area contributed by atoms with E-state index in [2.05, 4.69) is 0 Å². The fraction of sp³-hybridized carbons (Fsp3) is 0.0833. The van der Waals surface area contributed by atoms with Gasteiger partial charge in [0, 0.05) is 10.6 Å². The highest BCUT2D eigenvalue weighted by molar-refractivity contribution is 7.12. The summed E-state index contributed by atoms with van der Waals surface area (Å²) in [6, 6.07) is 7.37. The van der Waals surface area contributed by atoms with Crippen LogP contribution in [0.4, 0.5) is 0 Å². The van der Waals surface area contributed by atoms with Gasteiger partial charge in [-0.1, -0.05) is 23.7 Å². The van der Waals surface area contributed by atoms with Gasteiger partial charge in [-0.2, -0.15) is 0 Å². The van der Waals surface area contributed by atoms with Crippen molar-refractivity contribution in [2.45, 2.75) is 6.92 Å². The number of carbonyl (C=O) groups is 1. The summed E-state index contributed by atoms with van der Waals surface area (Å²) >= 11 is 7.24. The van der Waals surface area contributed by atoms with Crippen molar-refractivity contribution in [3.8, 4) is 11.1 Å². The van der Waals surface area contributed by atoms with E-state index in [1.807, 2.05) is 19.1 Å². The lowest BCUT2D eigenvalue weighted by Crippen LogP contribution is -1.94. The Bertz CT molecular complexity index is 546. The average Bonchev–Trinajstić information content (AvgIpc) is 2.71. The van der Waals surface area contributed by atoms with E-state index in [-0.39, 0.29) is 0 Å². The highest BCUT2D eigenvalue weighted by Gasteiger charge is 2.13. The summed E-state index contributed by atoms with van der Waals surface area (Å²) in [5, 5.41) is 11.4. The molecule has 0 aliphatic heterocycles. The molecule has 0 aliphatic carbocycles. The lowest BCUT2D eigenvalue weighted by atomic mass is 10.1. The molecule has 4 heteroatoms. The van der Waals surface area contributed by atoms with Crippen LogP contribution >= 0.6 is 22.9 Å². The van der Waals surface area contributed by atoms with Crippen LogP contribution in [0.3, 0.4) is 0 Å². The Balaban J connectivity index is 2.54. The Kier molecular flexibility index (Phi) is 2.99. The number of hydrogen-bond acceptors (Lipinski definition) is 2. The maximum absolute atomic E-state index is 11.0. The third-order valence-corrected chi connectivity index (χ3v) is 3.65. The van der Waals surface area contributed by atoms with Gasteiger partial charge in [0.15, 0.2) is 0 Å². The molecule has 2 aromatic rings. The zero-order valence-electron chi connectivity index (χ0n) is 8.53. The molecule has 82 valence electrons. The monoisotopic (exact) mass is 252 g/mol. The third-order valence-electron chi connectivity index (χ3n) is 2.34. The molecule has 2 rings (SSSR count). The summed E-state index contributed by atoms with van der Waals surface area (Å²) < 4.78 is 0. The van der Waals surface area contributed by atoms with Crippen LogP contribution in [0.2, 0.25) is 5.02 Å². The molecular weight excluding hydrogens is 244 g/mol. The highest BCUT2D eigenvalue weighted by atomic mass is 35.5. The van der Waals surface area contributed by atoms with Crippen LogP contribution in [0.1, 0.15) is 15.2 Å². The first-order valence-corrected chi connectivity index (χ1v) is 5.92. The van der Waals surface area contributed by atoms with E-state index in [1.54, 1.807) is 17.5 Å². The molecule has 0 spiro atoms. The molecule has 0 bridgehead atoms. The van der Waals surface area contributed by atoms with Crippen molar-refractivity contribution in [3.05, 3.63) is 45.1 Å². The molecule has 0 saturated heterocycles. The summed E-state index contributed by atoms with van der Waals surface area (Å²) in [6.45, 7) is 1.91. The van der Waals surface area contributed by atoms with Crippen LogP contribution in [0.15, 0.2) is 29.6 Å². The fourth-order valence-electron chi connectivity index (χ4n) is 1.46. The SMILES string of the molecule is Cc1ccc(-c2ccsc2C(=O)O)cc1Cl. The molecule has 16 heavy (non-hydrogen) atoms. The number of carboxylic acid groups (broad SMARTS) is 1. The summed E-state index contributed by atoms with van der Waals surface area (Å²) in [5.74, 6) is -0.901. The first-order chi connectivity index (χ1) is 7.59. The molecule has 0 fully saturated rings. The van der Waals surface area contributed by atoms with Gasteiger partial charge in [0.1, 0.15) is 4.88 Å². The van der Waals surface area contributed by atoms with Crippen molar-refractivity contribution in [2.75, 3.05) is 0 Å². The highest BCUT2D eigenvalue weighted by Crippen LogP contribution is 2.31. The lowest BCUT2D eigenvalue weighted by molar-refractivity contribution is 0.0703. The van der Waals surface area contributed by atoms with Crippen molar-refractivity contribution in [3.63, 3.8) is 0 Å². The summed E-state index contributed by atoms with van der Waals surface area (Å²) in [7, 11) is 0. The molecule has 1 aromatic heterocycles. The standard InChI is InChI=1S/C12H9ClO2S/c1-7-2-3-8(6-10(7)13)9-4-5-16-11(9)12(14)15/h2-6H,1H3,(H,14,15). The van der Waals surface area contributed by atoms with Crippen LogP contribution in [0.5, 0.6) is 0 Å². The second-order valence-corrected chi connectivity index (χ2v) is 4.76. The molecule has 0 unspecified atom stereocenters. The summed E-state index contributed by atoms with van der Waals surface area (Å²) in [6.07, 6.45) is 0. The molecule has 0 saturated carbocycles. The van der Waals surface area contributed by atoms with Crippen LogP contribution in [-0.4, -0.2) is 11.1 Å². The van der Waals surface area contributed by atoms with Crippen LogP contribution < -0.4 is 0 Å². The third kappa shape index (κ3) is 1.96. The zero-order valence-corrected chi connectivity index (χ0v) is 10.1. The summed E-state index contributed by atoms with van der Waals surface area (Å²) in [5.41, 5.74) is 2.55. The molecule has 1 aromatic carbocycles. The van der Waals surface area contributed by atoms with E-state index in [0.717, 1.165) is 16.7 Å². The maximum atomic E-state index is 11.0. The van der Waals surface area contributed by atoms with Crippen molar-refractivity contribution >= 4 is 28.9 Å². The molecule has 0 amide bonds. The number of carboxylic acids is 1. The Morgan fingerprint density at radius 3 is 2.75 bits per heavy atom. The Morgan fingerprint density at radius 2 is 2.12 bits per heavy atom. The molecular formula is C12H9ClO2S. The zero-order chi connectivity index (χ0) is 11.7. The average molecular weight is 253 g/mol. The maximum Gasteiger partial charge on any atom is 0.346 e. The predicted octanol–water partition coefficient (Wildman–Crippen LogP) is 4.08. The van der Waals surface area contributed by atoms with Gasteiger partial charge in [0.25, 0.3) is 0 Å². The topological polar surface area (TPSA) is 37.3 Å². The molecule has 1 heterocycles. The number of aromatic carboxylic acids is 1. The first kappa shape index (κ1) is 11.2. The van der Waals surface area contributed by atoms with Crippen molar-refractivity contribution in [2.24, 2.45) is 0 Å². The number of thiophene rings is 1. The van der Waals surface area contributed by atoms with Gasteiger partial charge in [-0.25, -0.2) is 4.79 Å². The van der Waals surface area contributed by atoms with Crippen LogP contribution in [-0.2, 0) is 0 Å². The van der Waals surface area contributed by atoms with E-state index in [9.17, 15) is 4.79 Å². The van der Waals surface area contributed by atoms with Crippen molar-refractivity contribution in [1.82, 2.24) is 0 Å². The quantitative estimate of drug-likeness (QED) is 0.875. The minimum absolute atomic E-state index is 0.347. The molecule has 2 nitrogen and oxygen atoms in total. The normalized spacial score (nSPS) is 10.4. The Labute approximate surface area is 102 Å². The van der Waals surface area contributed by atoms with Crippen molar-refractivity contribution < 1.29 is 9.90 Å². The number of halogens is 1. The Hall–Kier alpha value is -1.32.